The summed E-state index contributed by atoms with van der Waals surface area (Å²) < 4.78 is 0. The van der Waals surface area contributed by atoms with E-state index >= 15 is 0 Å². The molecule has 0 spiro atoms. The van der Waals surface area contributed by atoms with Crippen molar-refractivity contribution in [2.75, 3.05) is 18.0 Å². The average Bonchev–Trinajstić information content (AvgIpc) is 2.68. The quantitative estimate of drug-likeness (QED) is 0.378. The SMILES string of the molecule is CC1CCCN(c2ncnc(Sc3cccc4cccnc34)c2[N+](=O)[O-])C1. The van der Waals surface area contributed by atoms with E-state index in [0.717, 1.165) is 41.7 Å². The number of para-hydroxylation sites is 1. The normalized spacial score (nSPS) is 17.2. The molecule has 1 aromatic carbocycles. The Morgan fingerprint density at radius 2 is 2.07 bits per heavy atom. The maximum absolute atomic E-state index is 11.9. The fourth-order valence-corrected chi connectivity index (χ4v) is 4.45. The molecule has 1 fully saturated rings. The minimum absolute atomic E-state index is 0.0236. The number of rotatable bonds is 4. The van der Waals surface area contributed by atoms with Gasteiger partial charge in [-0.2, -0.15) is 0 Å². The summed E-state index contributed by atoms with van der Waals surface area (Å²) in [5.74, 6) is 0.906. The van der Waals surface area contributed by atoms with Crippen molar-refractivity contribution in [1.82, 2.24) is 15.0 Å². The van der Waals surface area contributed by atoms with Crippen molar-refractivity contribution >= 4 is 34.2 Å². The lowest BCUT2D eigenvalue weighted by Crippen LogP contribution is -2.35. The molecule has 0 amide bonds. The number of fused-ring (bicyclic) bond motifs is 1. The van der Waals surface area contributed by atoms with Gasteiger partial charge in [-0.3, -0.25) is 15.1 Å². The molecular weight excluding hydrogens is 362 g/mol. The number of pyridine rings is 1. The highest BCUT2D eigenvalue weighted by molar-refractivity contribution is 7.99. The van der Waals surface area contributed by atoms with Gasteiger partial charge in [-0.15, -0.1) is 0 Å². The Morgan fingerprint density at radius 1 is 1.22 bits per heavy atom. The molecule has 138 valence electrons. The van der Waals surface area contributed by atoms with Gasteiger partial charge >= 0.3 is 5.69 Å². The highest BCUT2D eigenvalue weighted by atomic mass is 32.2. The summed E-state index contributed by atoms with van der Waals surface area (Å²) in [6.45, 7) is 3.72. The molecule has 3 heterocycles. The first-order chi connectivity index (χ1) is 13.1. The van der Waals surface area contributed by atoms with Gasteiger partial charge in [0, 0.05) is 29.6 Å². The molecule has 1 saturated heterocycles. The van der Waals surface area contributed by atoms with Crippen LogP contribution in [0.2, 0.25) is 0 Å². The molecular formula is C19H19N5O2S. The molecule has 3 aromatic rings. The predicted molar refractivity (Wildman–Crippen MR) is 105 cm³/mol. The van der Waals surface area contributed by atoms with Crippen LogP contribution in [0.1, 0.15) is 19.8 Å². The third-order valence-electron chi connectivity index (χ3n) is 4.71. The van der Waals surface area contributed by atoms with Gasteiger partial charge in [0.2, 0.25) is 5.82 Å². The molecule has 1 unspecified atom stereocenters. The molecule has 1 atom stereocenters. The molecule has 0 N–H and O–H groups in total. The van der Waals surface area contributed by atoms with Gasteiger partial charge in [0.1, 0.15) is 6.33 Å². The van der Waals surface area contributed by atoms with Crippen LogP contribution in [0.5, 0.6) is 0 Å². The van der Waals surface area contributed by atoms with E-state index in [4.69, 9.17) is 0 Å². The fraction of sp³-hybridized carbons (Fsp3) is 0.316. The maximum atomic E-state index is 11.9. The number of nitrogens with zero attached hydrogens (tertiary/aromatic N) is 5. The Kier molecular flexibility index (Phi) is 4.89. The van der Waals surface area contributed by atoms with Gasteiger partial charge in [0.15, 0.2) is 5.03 Å². The topological polar surface area (TPSA) is 85.0 Å². The molecule has 0 saturated carbocycles. The molecule has 4 rings (SSSR count). The first-order valence-corrected chi connectivity index (χ1v) is 9.71. The van der Waals surface area contributed by atoms with Gasteiger partial charge in [-0.25, -0.2) is 9.97 Å². The Morgan fingerprint density at radius 3 is 2.89 bits per heavy atom. The smallest absolute Gasteiger partial charge is 0.343 e. The van der Waals surface area contributed by atoms with Crippen LogP contribution in [0.25, 0.3) is 10.9 Å². The predicted octanol–water partition coefficient (Wildman–Crippen LogP) is 4.32. The van der Waals surface area contributed by atoms with Crippen molar-refractivity contribution in [3.05, 3.63) is 53.0 Å². The number of anilines is 1. The minimum Gasteiger partial charge on any atom is -0.350 e. The van der Waals surface area contributed by atoms with E-state index < -0.39 is 0 Å². The van der Waals surface area contributed by atoms with Crippen molar-refractivity contribution in [2.24, 2.45) is 5.92 Å². The van der Waals surface area contributed by atoms with Crippen molar-refractivity contribution in [2.45, 2.75) is 29.7 Å². The van der Waals surface area contributed by atoms with E-state index in [0.29, 0.717) is 16.8 Å². The Labute approximate surface area is 161 Å². The number of benzene rings is 1. The van der Waals surface area contributed by atoms with Gasteiger partial charge in [0.05, 0.1) is 10.4 Å². The zero-order valence-electron chi connectivity index (χ0n) is 14.9. The van der Waals surface area contributed by atoms with E-state index in [1.807, 2.05) is 35.2 Å². The Hall–Kier alpha value is -2.74. The second-order valence-corrected chi connectivity index (χ2v) is 7.77. The molecule has 27 heavy (non-hydrogen) atoms. The van der Waals surface area contributed by atoms with Crippen molar-refractivity contribution in [3.8, 4) is 0 Å². The molecule has 0 radical (unpaired) electrons. The van der Waals surface area contributed by atoms with Crippen LogP contribution in [0, 0.1) is 16.0 Å². The molecule has 1 aliphatic rings. The van der Waals surface area contributed by atoms with Crippen LogP contribution < -0.4 is 4.90 Å². The van der Waals surface area contributed by atoms with Gasteiger partial charge < -0.3 is 4.90 Å². The molecule has 2 aromatic heterocycles. The molecule has 7 nitrogen and oxygen atoms in total. The summed E-state index contributed by atoms with van der Waals surface area (Å²) in [7, 11) is 0. The van der Waals surface area contributed by atoms with Crippen molar-refractivity contribution < 1.29 is 4.92 Å². The van der Waals surface area contributed by atoms with E-state index in [-0.39, 0.29) is 10.6 Å². The highest BCUT2D eigenvalue weighted by Crippen LogP contribution is 2.40. The molecule has 1 aliphatic heterocycles. The molecule has 0 aliphatic carbocycles. The third kappa shape index (κ3) is 3.57. The second kappa shape index (κ2) is 7.48. The molecule has 0 bridgehead atoms. The van der Waals surface area contributed by atoms with E-state index in [1.165, 1.54) is 18.1 Å². The summed E-state index contributed by atoms with van der Waals surface area (Å²) in [6, 6.07) is 9.66. The van der Waals surface area contributed by atoms with Crippen molar-refractivity contribution in [3.63, 3.8) is 0 Å². The number of piperidine rings is 1. The standard InChI is InChI=1S/C19H19N5O2S/c1-13-5-4-10-23(11-13)18-17(24(25)26)19(22-12-21-18)27-15-8-2-6-14-7-3-9-20-16(14)15/h2-3,6-9,12-13H,4-5,10-11H2,1H3. The lowest BCUT2D eigenvalue weighted by Gasteiger charge is -2.31. The van der Waals surface area contributed by atoms with Crippen LogP contribution >= 0.6 is 11.8 Å². The number of nitro groups is 1. The summed E-state index contributed by atoms with van der Waals surface area (Å²) in [5.41, 5.74) is 0.788. The van der Waals surface area contributed by atoms with E-state index in [2.05, 4.69) is 21.9 Å². The first kappa shape index (κ1) is 17.7. The van der Waals surface area contributed by atoms with E-state index in [1.54, 1.807) is 6.20 Å². The van der Waals surface area contributed by atoms with Crippen molar-refractivity contribution in [1.29, 1.82) is 0 Å². The zero-order chi connectivity index (χ0) is 18.8. The highest BCUT2D eigenvalue weighted by Gasteiger charge is 2.30. The lowest BCUT2D eigenvalue weighted by molar-refractivity contribution is -0.387. The summed E-state index contributed by atoms with van der Waals surface area (Å²) in [5, 5.41) is 13.2. The number of aromatic nitrogens is 3. The van der Waals surface area contributed by atoms with Crippen LogP contribution in [-0.2, 0) is 0 Å². The maximum Gasteiger partial charge on any atom is 0.343 e. The van der Waals surface area contributed by atoms with Crippen LogP contribution in [0.3, 0.4) is 0 Å². The second-order valence-electron chi connectivity index (χ2n) is 6.73. The van der Waals surface area contributed by atoms with Crippen LogP contribution in [0.15, 0.2) is 52.8 Å². The number of hydrogen-bond donors (Lipinski definition) is 0. The van der Waals surface area contributed by atoms with Gasteiger partial charge in [0.25, 0.3) is 0 Å². The molecule has 8 heteroatoms. The third-order valence-corrected chi connectivity index (χ3v) is 5.75. The Balaban J connectivity index is 1.76. The summed E-state index contributed by atoms with van der Waals surface area (Å²) in [4.78, 5) is 27.3. The zero-order valence-corrected chi connectivity index (χ0v) is 15.7. The van der Waals surface area contributed by atoms with Gasteiger partial charge in [-0.05, 0) is 30.9 Å². The van der Waals surface area contributed by atoms with E-state index in [9.17, 15) is 10.1 Å². The van der Waals surface area contributed by atoms with Gasteiger partial charge in [-0.1, -0.05) is 36.9 Å². The van der Waals surface area contributed by atoms with Crippen LogP contribution in [0.4, 0.5) is 11.5 Å². The first-order valence-electron chi connectivity index (χ1n) is 8.89. The lowest BCUT2D eigenvalue weighted by atomic mass is 10.0. The largest absolute Gasteiger partial charge is 0.350 e. The van der Waals surface area contributed by atoms with Crippen LogP contribution in [-0.4, -0.2) is 33.0 Å². The Bertz CT molecular complexity index is 992. The summed E-state index contributed by atoms with van der Waals surface area (Å²) in [6.07, 6.45) is 5.29. The number of hydrogen-bond acceptors (Lipinski definition) is 7. The monoisotopic (exact) mass is 381 g/mol. The summed E-state index contributed by atoms with van der Waals surface area (Å²) >= 11 is 1.27. The minimum atomic E-state index is -0.366. The fourth-order valence-electron chi connectivity index (χ4n) is 3.46. The average molecular weight is 381 g/mol.